The first kappa shape index (κ1) is 20.9. The van der Waals surface area contributed by atoms with E-state index in [1.807, 2.05) is 44.2 Å². The van der Waals surface area contributed by atoms with E-state index in [0.29, 0.717) is 29.9 Å². The van der Waals surface area contributed by atoms with Crippen molar-refractivity contribution >= 4 is 22.7 Å². The van der Waals surface area contributed by atoms with Crippen molar-refractivity contribution < 1.29 is 18.3 Å². The molecule has 0 amide bonds. The van der Waals surface area contributed by atoms with Crippen LogP contribution in [0.3, 0.4) is 0 Å². The Morgan fingerprint density at radius 1 is 1.09 bits per heavy atom. The highest BCUT2D eigenvalue weighted by atomic mass is 19.1. The molecule has 168 valence electrons. The van der Waals surface area contributed by atoms with Crippen molar-refractivity contribution in [2.45, 2.75) is 13.8 Å². The number of benzene rings is 2. The summed E-state index contributed by atoms with van der Waals surface area (Å²) in [5.74, 6) is -1.91. The van der Waals surface area contributed by atoms with Crippen molar-refractivity contribution in [3.8, 4) is 22.6 Å². The van der Waals surface area contributed by atoms with E-state index in [1.54, 1.807) is 12.3 Å². The van der Waals surface area contributed by atoms with Crippen LogP contribution in [0.5, 0.6) is 11.5 Å². The number of aromatic nitrogens is 2. The molecule has 0 fully saturated rings. The fraction of sp³-hybridized carbons (Fsp3) is 0.200. The van der Waals surface area contributed by atoms with Crippen LogP contribution in [0.15, 0.2) is 65.9 Å². The first-order valence-corrected chi connectivity index (χ1v) is 10.5. The summed E-state index contributed by atoms with van der Waals surface area (Å²) in [6.45, 7) is 5.08. The minimum absolute atomic E-state index is 0.0773. The average molecular weight is 448 g/mol. The van der Waals surface area contributed by atoms with Gasteiger partial charge in [-0.1, -0.05) is 44.2 Å². The van der Waals surface area contributed by atoms with Crippen LogP contribution in [0.4, 0.5) is 14.5 Å². The molecule has 6 nitrogen and oxygen atoms in total. The molecule has 8 heteroatoms. The van der Waals surface area contributed by atoms with Crippen LogP contribution >= 0.6 is 0 Å². The van der Waals surface area contributed by atoms with Gasteiger partial charge < -0.3 is 19.8 Å². The lowest BCUT2D eigenvalue weighted by molar-refractivity contribution is 0.156. The van der Waals surface area contributed by atoms with Gasteiger partial charge in [-0.2, -0.15) is 0 Å². The number of halogens is 2. The van der Waals surface area contributed by atoms with Gasteiger partial charge in [0.2, 0.25) is 0 Å². The Morgan fingerprint density at radius 2 is 1.85 bits per heavy atom. The molecule has 0 saturated heterocycles. The summed E-state index contributed by atoms with van der Waals surface area (Å²) in [7, 11) is 0. The van der Waals surface area contributed by atoms with Crippen LogP contribution in [0, 0.1) is 17.0 Å². The molecular weight excluding hydrogens is 426 g/mol. The van der Waals surface area contributed by atoms with Crippen molar-refractivity contribution in [3.63, 3.8) is 0 Å². The molecule has 0 unspecified atom stereocenters. The van der Waals surface area contributed by atoms with Crippen LogP contribution in [-0.4, -0.2) is 29.1 Å². The molecule has 0 spiro atoms. The van der Waals surface area contributed by atoms with E-state index in [-0.39, 0.29) is 17.1 Å². The number of aliphatic imine (C=N–C) groups is 1. The van der Waals surface area contributed by atoms with Gasteiger partial charge >= 0.3 is 0 Å². The number of pyridine rings is 1. The lowest BCUT2D eigenvalue weighted by Crippen LogP contribution is -2.33. The molecule has 0 aliphatic carbocycles. The molecule has 2 aromatic carbocycles. The van der Waals surface area contributed by atoms with Gasteiger partial charge in [-0.05, 0) is 11.6 Å². The van der Waals surface area contributed by atoms with Crippen LogP contribution in [0.1, 0.15) is 13.8 Å². The average Bonchev–Trinajstić information content (AvgIpc) is 3.23. The number of aromatic amines is 1. The Hall–Kier alpha value is -3.94. The SMILES string of the molecule is CC1(C)CN=C(Nc2cc(F)c(Oc3ccnc4[nH]cc(-c5ccccc5)c34)c(F)c2)OC1. The lowest BCUT2D eigenvalue weighted by Gasteiger charge is -2.28. The predicted molar refractivity (Wildman–Crippen MR) is 124 cm³/mol. The second kappa shape index (κ2) is 8.20. The summed E-state index contributed by atoms with van der Waals surface area (Å²) < 4.78 is 41.1. The third-order valence-electron chi connectivity index (χ3n) is 5.33. The zero-order chi connectivity index (χ0) is 23.0. The van der Waals surface area contributed by atoms with E-state index in [2.05, 4.69) is 20.3 Å². The Labute approximate surface area is 189 Å². The molecule has 1 aliphatic heterocycles. The highest BCUT2D eigenvalue weighted by Gasteiger charge is 2.25. The summed E-state index contributed by atoms with van der Waals surface area (Å²) in [5.41, 5.74) is 2.41. The zero-order valence-corrected chi connectivity index (χ0v) is 18.2. The number of anilines is 1. The maximum Gasteiger partial charge on any atom is 0.289 e. The van der Waals surface area contributed by atoms with Crippen LogP contribution in [-0.2, 0) is 4.74 Å². The number of fused-ring (bicyclic) bond motifs is 1. The van der Waals surface area contributed by atoms with Gasteiger partial charge in [0.15, 0.2) is 17.4 Å². The van der Waals surface area contributed by atoms with Crippen LogP contribution in [0.2, 0.25) is 0 Å². The highest BCUT2D eigenvalue weighted by molar-refractivity contribution is 5.98. The lowest BCUT2D eigenvalue weighted by atomic mass is 9.95. The Morgan fingerprint density at radius 3 is 2.55 bits per heavy atom. The van der Waals surface area contributed by atoms with Gasteiger partial charge in [-0.25, -0.2) is 18.8 Å². The first-order valence-electron chi connectivity index (χ1n) is 10.5. The van der Waals surface area contributed by atoms with E-state index in [9.17, 15) is 8.78 Å². The summed E-state index contributed by atoms with van der Waals surface area (Å²) in [6.07, 6.45) is 3.32. The number of ether oxygens (including phenoxy) is 2. The third-order valence-corrected chi connectivity index (χ3v) is 5.33. The maximum atomic E-state index is 14.9. The fourth-order valence-corrected chi connectivity index (χ4v) is 3.64. The number of nitrogens with one attached hydrogen (secondary N) is 2. The maximum absolute atomic E-state index is 14.9. The van der Waals surface area contributed by atoms with E-state index in [0.717, 1.165) is 23.3 Å². The predicted octanol–water partition coefficient (Wildman–Crippen LogP) is 6.12. The molecular formula is C25H22F2N4O2. The molecule has 0 saturated carbocycles. The third kappa shape index (κ3) is 4.24. The van der Waals surface area contributed by atoms with Crippen molar-refractivity contribution in [3.05, 3.63) is 72.6 Å². The molecule has 1 aliphatic rings. The standard InChI is InChI=1S/C25H22F2N4O2/c1-25(2)13-30-24(32-14-25)31-16-10-18(26)22(19(27)11-16)33-20-8-9-28-23-21(20)17(12-29-23)15-6-4-3-5-7-15/h3-12H,13-14H2,1-2H3,(H,28,29)(H,30,31). The molecule has 0 atom stereocenters. The summed E-state index contributed by atoms with van der Waals surface area (Å²) in [5, 5.41) is 3.46. The monoisotopic (exact) mass is 448 g/mol. The minimum Gasteiger partial charge on any atom is -0.464 e. The Bertz CT molecular complexity index is 1330. The topological polar surface area (TPSA) is 71.5 Å². The van der Waals surface area contributed by atoms with Gasteiger partial charge in [0.05, 0.1) is 18.5 Å². The van der Waals surface area contributed by atoms with Crippen molar-refractivity contribution in [2.24, 2.45) is 10.4 Å². The zero-order valence-electron chi connectivity index (χ0n) is 18.2. The molecule has 0 bridgehead atoms. The van der Waals surface area contributed by atoms with E-state index >= 15 is 0 Å². The van der Waals surface area contributed by atoms with Gasteiger partial charge in [-0.15, -0.1) is 0 Å². The number of hydrogen-bond acceptors (Lipinski definition) is 5. The number of hydrogen-bond donors (Lipinski definition) is 2. The Balaban J connectivity index is 1.46. The molecule has 4 aromatic rings. The van der Waals surface area contributed by atoms with Crippen molar-refractivity contribution in [2.75, 3.05) is 18.5 Å². The molecule has 2 aromatic heterocycles. The summed E-state index contributed by atoms with van der Waals surface area (Å²) >= 11 is 0. The summed E-state index contributed by atoms with van der Waals surface area (Å²) in [6, 6.07) is 13.7. The molecule has 0 radical (unpaired) electrons. The van der Waals surface area contributed by atoms with E-state index in [4.69, 9.17) is 9.47 Å². The van der Waals surface area contributed by atoms with Gasteiger partial charge in [-0.3, -0.25) is 0 Å². The smallest absolute Gasteiger partial charge is 0.289 e. The van der Waals surface area contributed by atoms with E-state index < -0.39 is 17.4 Å². The second-order valence-corrected chi connectivity index (χ2v) is 8.67. The van der Waals surface area contributed by atoms with Crippen molar-refractivity contribution in [1.82, 2.24) is 9.97 Å². The van der Waals surface area contributed by atoms with Gasteiger partial charge in [0.25, 0.3) is 6.02 Å². The first-order chi connectivity index (χ1) is 15.9. The highest BCUT2D eigenvalue weighted by Crippen LogP contribution is 2.38. The van der Waals surface area contributed by atoms with Crippen LogP contribution in [0.25, 0.3) is 22.2 Å². The van der Waals surface area contributed by atoms with Crippen LogP contribution < -0.4 is 10.1 Å². The summed E-state index contributed by atoms with van der Waals surface area (Å²) in [4.78, 5) is 11.7. The number of rotatable bonds is 4. The molecule has 5 rings (SSSR count). The largest absolute Gasteiger partial charge is 0.464 e. The molecule has 3 heterocycles. The minimum atomic E-state index is -0.851. The molecule has 33 heavy (non-hydrogen) atoms. The van der Waals surface area contributed by atoms with Gasteiger partial charge in [0, 0.05) is 41.2 Å². The fourth-order valence-electron chi connectivity index (χ4n) is 3.64. The second-order valence-electron chi connectivity index (χ2n) is 8.67. The number of nitrogens with zero attached hydrogens (tertiary/aromatic N) is 2. The number of H-pyrrole nitrogens is 1. The van der Waals surface area contributed by atoms with E-state index in [1.165, 1.54) is 6.20 Å². The van der Waals surface area contributed by atoms with Crippen molar-refractivity contribution in [1.29, 1.82) is 0 Å². The number of amidine groups is 1. The normalized spacial score (nSPS) is 15.1. The Kier molecular flexibility index (Phi) is 5.20. The molecule has 2 N–H and O–H groups in total. The van der Waals surface area contributed by atoms with Gasteiger partial charge in [0.1, 0.15) is 11.4 Å². The quantitative estimate of drug-likeness (QED) is 0.394.